The van der Waals surface area contributed by atoms with E-state index in [9.17, 15) is 22.8 Å². The van der Waals surface area contributed by atoms with Gasteiger partial charge in [-0.3, -0.25) is 4.79 Å². The number of hydrogen-bond acceptors (Lipinski definition) is 5. The number of carbonyl (C=O) groups excluding carboxylic acids is 2. The van der Waals surface area contributed by atoms with Gasteiger partial charge in [-0.05, 0) is 36.6 Å². The number of rotatable bonds is 6. The molecule has 9 heteroatoms. The van der Waals surface area contributed by atoms with Gasteiger partial charge >= 0.3 is 12.1 Å². The molecule has 2 rings (SSSR count). The number of methoxy groups -OCH3 is 1. The summed E-state index contributed by atoms with van der Waals surface area (Å²) < 4.78 is 48.8. The first kappa shape index (κ1) is 20.6. The van der Waals surface area contributed by atoms with Crippen LogP contribution in [0.15, 0.2) is 47.4 Å². The van der Waals surface area contributed by atoms with E-state index in [2.05, 4.69) is 5.32 Å². The Balaban J connectivity index is 2.04. The average molecular weight is 399 g/mol. The number of alkyl halides is 3. The first-order valence-electron chi connectivity index (χ1n) is 7.61. The Labute approximate surface area is 157 Å². The molecule has 0 fully saturated rings. The lowest BCUT2D eigenvalue weighted by Crippen LogP contribution is -2.23. The summed E-state index contributed by atoms with van der Waals surface area (Å²) in [6.07, 6.45) is -2.76. The molecular weight excluding hydrogens is 383 g/mol. The van der Waals surface area contributed by atoms with Gasteiger partial charge in [-0.15, -0.1) is 11.8 Å². The second-order valence-electron chi connectivity index (χ2n) is 5.23. The average Bonchev–Trinajstić information content (AvgIpc) is 2.65. The molecule has 0 aliphatic heterocycles. The van der Waals surface area contributed by atoms with E-state index < -0.39 is 35.9 Å². The molecular formula is C18H16F3NO4S. The molecule has 2 aromatic rings. The number of esters is 1. The molecule has 0 aliphatic carbocycles. The van der Waals surface area contributed by atoms with Crippen molar-refractivity contribution in [2.45, 2.75) is 11.1 Å². The van der Waals surface area contributed by atoms with E-state index in [1.807, 2.05) is 6.26 Å². The molecule has 144 valence electrons. The Morgan fingerprint density at radius 1 is 1.15 bits per heavy atom. The second kappa shape index (κ2) is 8.81. The van der Waals surface area contributed by atoms with Crippen LogP contribution in [0.25, 0.3) is 0 Å². The van der Waals surface area contributed by atoms with Crippen molar-refractivity contribution in [1.82, 2.24) is 0 Å². The summed E-state index contributed by atoms with van der Waals surface area (Å²) >= 11 is 1.45. The zero-order chi connectivity index (χ0) is 20.0. The maximum Gasteiger partial charge on any atom is 0.418 e. The molecule has 0 bridgehead atoms. The van der Waals surface area contributed by atoms with Gasteiger partial charge in [0.25, 0.3) is 5.91 Å². The zero-order valence-corrected chi connectivity index (χ0v) is 15.2. The highest BCUT2D eigenvalue weighted by molar-refractivity contribution is 7.98. The van der Waals surface area contributed by atoms with Crippen LogP contribution >= 0.6 is 11.8 Å². The standard InChI is InChI=1S/C18H16F3NO4S/c1-25-15-9-11(27-2)7-8-12(15)17(24)26-10-16(23)22-14-6-4-3-5-13(14)18(19,20)21/h3-9H,10H2,1-2H3,(H,22,23). The van der Waals surface area contributed by atoms with E-state index in [-0.39, 0.29) is 11.3 Å². The Bertz CT molecular complexity index is 840. The number of anilines is 1. The van der Waals surface area contributed by atoms with Gasteiger partial charge in [-0.1, -0.05) is 12.1 Å². The van der Waals surface area contributed by atoms with Crippen LogP contribution in [0.4, 0.5) is 18.9 Å². The largest absolute Gasteiger partial charge is 0.496 e. The minimum absolute atomic E-state index is 0.110. The molecule has 0 aliphatic rings. The monoisotopic (exact) mass is 399 g/mol. The molecule has 0 aromatic heterocycles. The molecule has 1 amide bonds. The molecule has 5 nitrogen and oxygen atoms in total. The highest BCUT2D eigenvalue weighted by Gasteiger charge is 2.33. The van der Waals surface area contributed by atoms with Crippen LogP contribution in [0.3, 0.4) is 0 Å². The number of nitrogens with one attached hydrogen (secondary N) is 1. The van der Waals surface area contributed by atoms with Gasteiger partial charge in [-0.25, -0.2) is 4.79 Å². The fourth-order valence-electron chi connectivity index (χ4n) is 2.20. The Kier molecular flexibility index (Phi) is 6.73. The Hall–Kier alpha value is -2.68. The number of ether oxygens (including phenoxy) is 2. The number of benzene rings is 2. The van der Waals surface area contributed by atoms with Crippen molar-refractivity contribution < 1.29 is 32.2 Å². The van der Waals surface area contributed by atoms with Crippen LogP contribution in [-0.4, -0.2) is 31.8 Å². The summed E-state index contributed by atoms with van der Waals surface area (Å²) in [6.45, 7) is -0.738. The van der Waals surface area contributed by atoms with Crippen LogP contribution in [-0.2, 0) is 15.7 Å². The zero-order valence-electron chi connectivity index (χ0n) is 14.4. The maximum absolute atomic E-state index is 12.9. The third kappa shape index (κ3) is 5.40. The number of halogens is 3. The maximum atomic E-state index is 12.9. The molecule has 2 aromatic carbocycles. The van der Waals surface area contributed by atoms with Crippen LogP contribution in [0, 0.1) is 0 Å². The van der Waals surface area contributed by atoms with E-state index in [0.717, 1.165) is 17.0 Å². The summed E-state index contributed by atoms with van der Waals surface area (Å²) in [7, 11) is 1.39. The number of thioether (sulfide) groups is 1. The SMILES string of the molecule is COc1cc(SC)ccc1C(=O)OCC(=O)Nc1ccccc1C(F)(F)F. The van der Waals surface area contributed by atoms with E-state index in [0.29, 0.717) is 0 Å². The molecule has 0 saturated heterocycles. The Morgan fingerprint density at radius 2 is 1.85 bits per heavy atom. The first-order chi connectivity index (χ1) is 12.8. The van der Waals surface area contributed by atoms with E-state index >= 15 is 0 Å². The summed E-state index contributed by atoms with van der Waals surface area (Å²) in [4.78, 5) is 24.9. The van der Waals surface area contributed by atoms with Crippen molar-refractivity contribution in [3.8, 4) is 5.75 Å². The summed E-state index contributed by atoms with van der Waals surface area (Å²) in [5, 5.41) is 2.10. The number of amides is 1. The quantitative estimate of drug-likeness (QED) is 0.582. The van der Waals surface area contributed by atoms with Gasteiger partial charge in [0.05, 0.1) is 18.4 Å². The fraction of sp³-hybridized carbons (Fsp3) is 0.222. The third-order valence-corrected chi connectivity index (χ3v) is 4.19. The van der Waals surface area contributed by atoms with Crippen molar-refractivity contribution in [1.29, 1.82) is 0 Å². The molecule has 0 unspecified atom stereocenters. The minimum Gasteiger partial charge on any atom is -0.496 e. The van der Waals surface area contributed by atoms with E-state index in [4.69, 9.17) is 9.47 Å². The van der Waals surface area contributed by atoms with Crippen molar-refractivity contribution >= 4 is 29.3 Å². The van der Waals surface area contributed by atoms with E-state index in [1.54, 1.807) is 12.1 Å². The highest BCUT2D eigenvalue weighted by Crippen LogP contribution is 2.34. The van der Waals surface area contributed by atoms with Crippen LogP contribution in [0.1, 0.15) is 15.9 Å². The second-order valence-corrected chi connectivity index (χ2v) is 6.11. The van der Waals surface area contributed by atoms with Gasteiger partial charge in [0.2, 0.25) is 0 Å². The number of hydrogen-bond donors (Lipinski definition) is 1. The molecule has 0 spiro atoms. The highest BCUT2D eigenvalue weighted by atomic mass is 32.2. The van der Waals surface area contributed by atoms with Crippen LogP contribution < -0.4 is 10.1 Å². The first-order valence-corrected chi connectivity index (χ1v) is 8.84. The predicted octanol–water partition coefficient (Wildman–Crippen LogP) is 4.23. The molecule has 27 heavy (non-hydrogen) atoms. The molecule has 0 radical (unpaired) electrons. The van der Waals surface area contributed by atoms with Gasteiger partial charge in [0.15, 0.2) is 6.61 Å². The van der Waals surface area contributed by atoms with Crippen LogP contribution in [0.2, 0.25) is 0 Å². The Morgan fingerprint density at radius 3 is 2.48 bits per heavy atom. The van der Waals surface area contributed by atoms with Crippen molar-refractivity contribution in [2.75, 3.05) is 25.3 Å². The lowest BCUT2D eigenvalue weighted by molar-refractivity contribution is -0.137. The van der Waals surface area contributed by atoms with E-state index in [1.165, 1.54) is 37.1 Å². The fourth-order valence-corrected chi connectivity index (χ4v) is 2.63. The van der Waals surface area contributed by atoms with Crippen LogP contribution in [0.5, 0.6) is 5.75 Å². The summed E-state index contributed by atoms with van der Waals surface area (Å²) in [5.74, 6) is -1.44. The van der Waals surface area contributed by atoms with Gasteiger partial charge in [-0.2, -0.15) is 13.2 Å². The third-order valence-electron chi connectivity index (χ3n) is 3.47. The van der Waals surface area contributed by atoms with Crippen molar-refractivity contribution in [3.63, 3.8) is 0 Å². The lowest BCUT2D eigenvalue weighted by atomic mass is 10.1. The smallest absolute Gasteiger partial charge is 0.418 e. The van der Waals surface area contributed by atoms with Gasteiger partial charge < -0.3 is 14.8 Å². The van der Waals surface area contributed by atoms with Gasteiger partial charge in [0.1, 0.15) is 11.3 Å². The molecule has 0 heterocycles. The van der Waals surface area contributed by atoms with Crippen molar-refractivity contribution in [2.24, 2.45) is 0 Å². The molecule has 0 saturated carbocycles. The molecule has 1 N–H and O–H groups in total. The summed E-state index contributed by atoms with van der Waals surface area (Å²) in [5.41, 5.74) is -1.29. The molecule has 0 atom stereocenters. The number of carbonyl (C=O) groups is 2. The minimum atomic E-state index is -4.62. The predicted molar refractivity (Wildman–Crippen MR) is 95.1 cm³/mol. The lowest BCUT2D eigenvalue weighted by Gasteiger charge is -2.14. The topological polar surface area (TPSA) is 64.6 Å². The number of para-hydroxylation sites is 1. The van der Waals surface area contributed by atoms with Gasteiger partial charge in [0, 0.05) is 4.90 Å². The normalized spacial score (nSPS) is 11.0. The summed E-state index contributed by atoms with van der Waals surface area (Å²) in [6, 6.07) is 9.35. The van der Waals surface area contributed by atoms with Crippen molar-refractivity contribution in [3.05, 3.63) is 53.6 Å².